The second-order valence-corrected chi connectivity index (χ2v) is 7.14. The van der Waals surface area contributed by atoms with Crippen molar-refractivity contribution in [2.45, 2.75) is 43.9 Å². The zero-order valence-electron chi connectivity index (χ0n) is 12.1. The van der Waals surface area contributed by atoms with E-state index >= 15 is 0 Å². The fourth-order valence-electron chi connectivity index (χ4n) is 2.35. The van der Waals surface area contributed by atoms with Gasteiger partial charge in [-0.2, -0.15) is 0 Å². The van der Waals surface area contributed by atoms with Gasteiger partial charge in [0.1, 0.15) is 4.90 Å². The molecule has 0 aromatic heterocycles. The monoisotopic (exact) mass is 296 g/mol. The van der Waals surface area contributed by atoms with Gasteiger partial charge >= 0.3 is 0 Å². The van der Waals surface area contributed by atoms with Crippen LogP contribution >= 0.6 is 0 Å². The summed E-state index contributed by atoms with van der Waals surface area (Å²) in [5, 5.41) is 3.28. The Morgan fingerprint density at radius 1 is 1.20 bits per heavy atom. The normalized spacial score (nSPS) is 15.8. The van der Waals surface area contributed by atoms with Crippen molar-refractivity contribution in [1.29, 1.82) is 0 Å². The summed E-state index contributed by atoms with van der Waals surface area (Å²) < 4.78 is 27.1. The van der Waals surface area contributed by atoms with Crippen molar-refractivity contribution in [3.63, 3.8) is 0 Å². The molecule has 0 saturated heterocycles. The van der Waals surface area contributed by atoms with Gasteiger partial charge in [0.05, 0.1) is 5.69 Å². The molecule has 0 radical (unpaired) electrons. The summed E-state index contributed by atoms with van der Waals surface area (Å²) >= 11 is 0. The van der Waals surface area contributed by atoms with Crippen LogP contribution < -0.4 is 10.0 Å². The largest absolute Gasteiger partial charge is 0.384 e. The van der Waals surface area contributed by atoms with Crippen molar-refractivity contribution >= 4 is 15.7 Å². The van der Waals surface area contributed by atoms with Gasteiger partial charge < -0.3 is 5.32 Å². The smallest absolute Gasteiger partial charge is 0.242 e. The SMILES string of the molecule is CCCNS(=O)(=O)c1ccccc1NCCC1CCC1. The van der Waals surface area contributed by atoms with Gasteiger partial charge in [0, 0.05) is 13.1 Å². The fourth-order valence-corrected chi connectivity index (χ4v) is 3.67. The lowest BCUT2D eigenvalue weighted by atomic mass is 9.83. The van der Waals surface area contributed by atoms with E-state index in [1.165, 1.54) is 19.3 Å². The first-order valence-corrected chi connectivity index (χ1v) is 8.94. The zero-order valence-corrected chi connectivity index (χ0v) is 12.9. The number of para-hydroxylation sites is 1. The molecule has 0 bridgehead atoms. The molecular formula is C15H24N2O2S. The highest BCUT2D eigenvalue weighted by molar-refractivity contribution is 7.89. The molecule has 1 aliphatic carbocycles. The first kappa shape index (κ1) is 15.3. The summed E-state index contributed by atoms with van der Waals surface area (Å²) in [6.45, 7) is 3.26. The van der Waals surface area contributed by atoms with Gasteiger partial charge in [-0.3, -0.25) is 0 Å². The first-order chi connectivity index (χ1) is 9.63. The highest BCUT2D eigenvalue weighted by Crippen LogP contribution is 2.29. The molecule has 1 aliphatic rings. The van der Waals surface area contributed by atoms with Gasteiger partial charge in [0.15, 0.2) is 0 Å². The van der Waals surface area contributed by atoms with Crippen molar-refractivity contribution in [2.24, 2.45) is 5.92 Å². The molecule has 0 spiro atoms. The van der Waals surface area contributed by atoms with Crippen LogP contribution in [0.5, 0.6) is 0 Å². The molecule has 0 atom stereocenters. The van der Waals surface area contributed by atoms with Gasteiger partial charge in [-0.1, -0.05) is 38.3 Å². The minimum absolute atomic E-state index is 0.349. The summed E-state index contributed by atoms with van der Waals surface area (Å²) in [6, 6.07) is 7.12. The number of hydrogen-bond acceptors (Lipinski definition) is 3. The summed E-state index contributed by atoms with van der Waals surface area (Å²) in [5.41, 5.74) is 0.704. The Kier molecular flexibility index (Phi) is 5.43. The third-order valence-electron chi connectivity index (χ3n) is 3.81. The molecule has 1 saturated carbocycles. The quantitative estimate of drug-likeness (QED) is 0.775. The van der Waals surface area contributed by atoms with E-state index in [1.807, 2.05) is 19.1 Å². The van der Waals surface area contributed by atoms with Gasteiger partial charge in [-0.05, 0) is 30.9 Å². The van der Waals surface area contributed by atoms with Crippen molar-refractivity contribution in [3.8, 4) is 0 Å². The van der Waals surface area contributed by atoms with E-state index in [4.69, 9.17) is 0 Å². The van der Waals surface area contributed by atoms with Gasteiger partial charge in [0.25, 0.3) is 0 Å². The lowest BCUT2D eigenvalue weighted by Crippen LogP contribution is -2.25. The average molecular weight is 296 g/mol. The second-order valence-electron chi connectivity index (χ2n) is 5.41. The Hall–Kier alpha value is -1.07. The van der Waals surface area contributed by atoms with Crippen LogP contribution in [0.1, 0.15) is 39.0 Å². The maximum absolute atomic E-state index is 12.2. The van der Waals surface area contributed by atoms with Gasteiger partial charge in [0.2, 0.25) is 10.0 Å². The Morgan fingerprint density at radius 3 is 2.60 bits per heavy atom. The van der Waals surface area contributed by atoms with Crippen LogP contribution in [-0.2, 0) is 10.0 Å². The molecule has 20 heavy (non-hydrogen) atoms. The average Bonchev–Trinajstić information content (AvgIpc) is 2.40. The van der Waals surface area contributed by atoms with E-state index in [1.54, 1.807) is 12.1 Å². The van der Waals surface area contributed by atoms with Crippen LogP contribution in [0.25, 0.3) is 0 Å². The summed E-state index contributed by atoms with van der Waals surface area (Å²) in [5.74, 6) is 0.824. The lowest BCUT2D eigenvalue weighted by molar-refractivity contribution is 0.303. The molecular weight excluding hydrogens is 272 g/mol. The molecule has 2 rings (SSSR count). The number of sulfonamides is 1. The molecule has 1 fully saturated rings. The number of benzene rings is 1. The maximum atomic E-state index is 12.2. The third-order valence-corrected chi connectivity index (χ3v) is 5.33. The van der Waals surface area contributed by atoms with Crippen LogP contribution in [0.15, 0.2) is 29.2 Å². The second kappa shape index (κ2) is 7.09. The minimum Gasteiger partial charge on any atom is -0.384 e. The third kappa shape index (κ3) is 3.96. The number of anilines is 1. The topological polar surface area (TPSA) is 58.2 Å². The standard InChI is InChI=1S/C15H24N2O2S/c1-2-11-17-20(18,19)15-9-4-3-8-14(15)16-12-10-13-6-5-7-13/h3-4,8-9,13,16-17H,2,5-7,10-12H2,1H3. The predicted octanol–water partition coefficient (Wildman–Crippen LogP) is 2.98. The number of hydrogen-bond donors (Lipinski definition) is 2. The lowest BCUT2D eigenvalue weighted by Gasteiger charge is -2.25. The Morgan fingerprint density at radius 2 is 1.95 bits per heavy atom. The fraction of sp³-hybridized carbons (Fsp3) is 0.600. The van der Waals surface area contributed by atoms with E-state index < -0.39 is 10.0 Å². The van der Waals surface area contributed by atoms with E-state index in [2.05, 4.69) is 10.0 Å². The Bertz CT molecular complexity index is 524. The summed E-state index contributed by atoms with van der Waals surface area (Å²) in [7, 11) is -3.41. The van der Waals surface area contributed by atoms with E-state index in [-0.39, 0.29) is 0 Å². The molecule has 0 unspecified atom stereocenters. The summed E-state index contributed by atoms with van der Waals surface area (Å²) in [4.78, 5) is 0.349. The molecule has 1 aromatic rings. The first-order valence-electron chi connectivity index (χ1n) is 7.46. The Labute approximate surface area is 122 Å². The molecule has 4 nitrogen and oxygen atoms in total. The molecule has 2 N–H and O–H groups in total. The highest BCUT2D eigenvalue weighted by atomic mass is 32.2. The Balaban J connectivity index is 2.01. The van der Waals surface area contributed by atoms with E-state index in [9.17, 15) is 8.42 Å². The van der Waals surface area contributed by atoms with Crippen molar-refractivity contribution in [3.05, 3.63) is 24.3 Å². The minimum atomic E-state index is -3.41. The maximum Gasteiger partial charge on any atom is 0.242 e. The van der Waals surface area contributed by atoms with Crippen LogP contribution in [0.2, 0.25) is 0 Å². The number of nitrogens with one attached hydrogen (secondary N) is 2. The highest BCUT2D eigenvalue weighted by Gasteiger charge is 2.19. The van der Waals surface area contributed by atoms with Crippen LogP contribution in [0, 0.1) is 5.92 Å². The van der Waals surface area contributed by atoms with Crippen molar-refractivity contribution < 1.29 is 8.42 Å². The molecule has 0 amide bonds. The van der Waals surface area contributed by atoms with Crippen LogP contribution in [0.4, 0.5) is 5.69 Å². The van der Waals surface area contributed by atoms with Crippen LogP contribution in [0.3, 0.4) is 0 Å². The van der Waals surface area contributed by atoms with Crippen molar-refractivity contribution in [2.75, 3.05) is 18.4 Å². The zero-order chi connectivity index (χ0) is 14.4. The molecule has 1 aromatic carbocycles. The van der Waals surface area contributed by atoms with Gasteiger partial charge in [-0.15, -0.1) is 0 Å². The molecule has 5 heteroatoms. The molecule has 0 aliphatic heterocycles. The molecule has 112 valence electrons. The molecule has 0 heterocycles. The van der Waals surface area contributed by atoms with Crippen molar-refractivity contribution in [1.82, 2.24) is 4.72 Å². The summed E-state index contributed by atoms with van der Waals surface area (Å²) in [6.07, 6.45) is 5.89. The van der Waals surface area contributed by atoms with E-state index in [0.29, 0.717) is 17.1 Å². The predicted molar refractivity (Wildman–Crippen MR) is 82.4 cm³/mol. The number of rotatable bonds is 8. The van der Waals surface area contributed by atoms with Gasteiger partial charge in [-0.25, -0.2) is 13.1 Å². The van der Waals surface area contributed by atoms with Crippen LogP contribution in [-0.4, -0.2) is 21.5 Å². The van der Waals surface area contributed by atoms with E-state index in [0.717, 1.165) is 25.3 Å².